The first kappa shape index (κ1) is 41.4. The van der Waals surface area contributed by atoms with Crippen LogP contribution in [0.15, 0.2) is 48.7 Å². The molecule has 60 heavy (non-hydrogen) atoms. The lowest BCUT2D eigenvalue weighted by Crippen LogP contribution is -2.48. The van der Waals surface area contributed by atoms with Crippen molar-refractivity contribution < 1.29 is 32.7 Å². The fraction of sp³-hybridized carbons (Fsp3) is 0.545. The maximum Gasteiger partial charge on any atom is 0.414 e. The first-order valence-electron chi connectivity index (χ1n) is 21.6. The Kier molecular flexibility index (Phi) is 13.0. The number of anilines is 4. The van der Waals surface area contributed by atoms with Crippen molar-refractivity contribution in [2.45, 2.75) is 95.2 Å². The number of ether oxygens (including phenoxy) is 1. The number of nitrogens with one attached hydrogen (secondary N) is 4. The van der Waals surface area contributed by atoms with Gasteiger partial charge in [0.15, 0.2) is 5.82 Å². The number of aromatic nitrogens is 2. The summed E-state index contributed by atoms with van der Waals surface area (Å²) in [4.78, 5) is 63.7. The topological polar surface area (TPSA) is 161 Å². The normalized spacial score (nSPS) is 25.3. The van der Waals surface area contributed by atoms with Crippen molar-refractivity contribution in [3.63, 3.8) is 0 Å². The van der Waals surface area contributed by atoms with Gasteiger partial charge in [0.05, 0.1) is 18.5 Å². The third-order valence-electron chi connectivity index (χ3n) is 12.8. The van der Waals surface area contributed by atoms with Crippen LogP contribution in [0, 0.1) is 23.5 Å². The zero-order valence-electron chi connectivity index (χ0n) is 34.0. The van der Waals surface area contributed by atoms with Crippen LogP contribution in [0.4, 0.5) is 36.6 Å². The molecule has 5 aliphatic rings. The Morgan fingerprint density at radius 3 is 2.35 bits per heavy atom. The van der Waals surface area contributed by atoms with Gasteiger partial charge in [0.2, 0.25) is 23.7 Å². The average Bonchev–Trinajstić information content (AvgIpc) is 3.25. The van der Waals surface area contributed by atoms with Gasteiger partial charge in [0.1, 0.15) is 17.6 Å². The second-order valence-corrected chi connectivity index (χ2v) is 17.0. The molecule has 0 radical (unpaired) electrons. The molecule has 4 N–H and O–H groups in total. The van der Waals surface area contributed by atoms with Crippen molar-refractivity contribution in [3.05, 3.63) is 60.3 Å². The van der Waals surface area contributed by atoms with Crippen LogP contribution in [-0.4, -0.2) is 103 Å². The van der Waals surface area contributed by atoms with Gasteiger partial charge < -0.3 is 25.6 Å². The Morgan fingerprint density at radius 1 is 0.833 bits per heavy atom. The predicted molar refractivity (Wildman–Crippen MR) is 223 cm³/mol. The van der Waals surface area contributed by atoms with Crippen LogP contribution in [0.2, 0.25) is 0 Å². The summed E-state index contributed by atoms with van der Waals surface area (Å²) in [7, 11) is 0. The Hall–Kier alpha value is -5.38. The van der Waals surface area contributed by atoms with Gasteiger partial charge in [0, 0.05) is 81.1 Å². The lowest BCUT2D eigenvalue weighted by Gasteiger charge is -2.39. The number of rotatable bonds is 12. The minimum absolute atomic E-state index is 0.105. The number of hydrogen-bond acceptors (Lipinski definition) is 11. The van der Waals surface area contributed by atoms with Crippen LogP contribution in [0.25, 0.3) is 11.3 Å². The van der Waals surface area contributed by atoms with Crippen LogP contribution in [-0.2, 0) is 19.1 Å². The zero-order chi connectivity index (χ0) is 41.6. The zero-order valence-corrected chi connectivity index (χ0v) is 34.0. The van der Waals surface area contributed by atoms with E-state index in [9.17, 15) is 23.6 Å². The second-order valence-electron chi connectivity index (χ2n) is 17.0. The van der Waals surface area contributed by atoms with Gasteiger partial charge in [-0.1, -0.05) is 12.1 Å². The van der Waals surface area contributed by atoms with Crippen LogP contribution >= 0.6 is 0 Å². The number of cyclic esters (lactones) is 1. The molecule has 2 aliphatic carbocycles. The third-order valence-corrected chi connectivity index (χ3v) is 12.8. The fourth-order valence-corrected chi connectivity index (χ4v) is 9.40. The van der Waals surface area contributed by atoms with Gasteiger partial charge in [-0.2, -0.15) is 0 Å². The maximum absolute atomic E-state index is 15.2. The number of imide groups is 1. The van der Waals surface area contributed by atoms with Gasteiger partial charge in [-0.25, -0.2) is 23.5 Å². The van der Waals surface area contributed by atoms with E-state index in [0.717, 1.165) is 90.5 Å². The van der Waals surface area contributed by atoms with Crippen molar-refractivity contribution in [2.24, 2.45) is 11.8 Å². The molecule has 3 aliphatic heterocycles. The smallest absolute Gasteiger partial charge is 0.414 e. The molecule has 1 aromatic heterocycles. The molecule has 1 unspecified atom stereocenters. The molecular weight excluding hydrogens is 773 g/mol. The number of carbonyl (C=O) groups excluding carboxylic acids is 4. The second kappa shape index (κ2) is 18.9. The van der Waals surface area contributed by atoms with Crippen molar-refractivity contribution in [3.8, 4) is 11.3 Å². The predicted octanol–water partition coefficient (Wildman–Crippen LogP) is 5.84. The number of hydrogen-bond donors (Lipinski definition) is 4. The van der Waals surface area contributed by atoms with Crippen LogP contribution in [0.3, 0.4) is 0 Å². The Balaban J connectivity index is 0.720. The molecule has 5 fully saturated rings. The summed E-state index contributed by atoms with van der Waals surface area (Å²) in [5, 5.41) is 12.0. The molecule has 4 heterocycles. The monoisotopic (exact) mass is 827 g/mol. The van der Waals surface area contributed by atoms with Crippen molar-refractivity contribution in [2.75, 3.05) is 66.3 Å². The van der Waals surface area contributed by atoms with E-state index in [-0.39, 0.29) is 47.7 Å². The number of piperidine rings is 1. The molecule has 1 atom stereocenters. The molecule has 8 rings (SSSR count). The Bertz CT molecular complexity index is 2030. The van der Waals surface area contributed by atoms with E-state index in [2.05, 4.69) is 41.0 Å². The molecular formula is C44H55F2N9O5. The summed E-state index contributed by atoms with van der Waals surface area (Å²) in [6.45, 7) is 5.15. The molecule has 14 nitrogen and oxygen atoms in total. The SMILES string of the molecule is O=C1CCC(Nc2ccc(N3CCN(CC4CCC(CC(=O)N[C@H]5CC[C@H](Nc6ncc(F)c(-c7cccc(N8CCCOC8=O)c7)n6)CC5)CC4)CC3)c(F)c2)C(=O)N1. The fourth-order valence-electron chi connectivity index (χ4n) is 9.40. The third kappa shape index (κ3) is 10.3. The Labute approximate surface area is 349 Å². The van der Waals surface area contributed by atoms with E-state index in [1.54, 1.807) is 41.3 Å². The van der Waals surface area contributed by atoms with Crippen LogP contribution < -0.4 is 31.1 Å². The van der Waals surface area contributed by atoms with E-state index < -0.39 is 18.0 Å². The van der Waals surface area contributed by atoms with E-state index >= 15 is 4.39 Å². The summed E-state index contributed by atoms with van der Waals surface area (Å²) < 4.78 is 35.3. The summed E-state index contributed by atoms with van der Waals surface area (Å²) in [6.07, 6.45) is 10.3. The van der Waals surface area contributed by atoms with Crippen molar-refractivity contribution >= 4 is 46.8 Å². The number of benzene rings is 2. The van der Waals surface area contributed by atoms with Crippen LogP contribution in [0.5, 0.6) is 0 Å². The molecule has 0 spiro atoms. The lowest BCUT2D eigenvalue weighted by molar-refractivity contribution is -0.133. The maximum atomic E-state index is 15.2. The van der Waals surface area contributed by atoms with Gasteiger partial charge in [0.25, 0.3) is 0 Å². The molecule has 16 heteroatoms. The highest BCUT2D eigenvalue weighted by Gasteiger charge is 2.30. The first-order chi connectivity index (χ1) is 29.1. The molecule has 3 saturated heterocycles. The van der Waals surface area contributed by atoms with E-state index in [0.29, 0.717) is 66.4 Å². The lowest BCUT2D eigenvalue weighted by atomic mass is 9.80. The standard InChI is InChI=1S/C44H55F2N9O5/c45-35-25-33(48-37-14-16-39(56)51-42(37)58)13-15-38(35)54-20-18-53(19-21-54)27-29-7-5-28(6-8-29)23-40(57)49-31-9-11-32(12-10-31)50-43-47-26-36(46)41(52-43)30-3-1-4-34(24-30)55-17-2-22-60-44(55)59/h1,3-4,13,15,24-26,28-29,31-32,37,48H,2,5-12,14,16-23,27H2,(H,49,57)(H,47,50,52)(H,51,56,58)/t28?,29?,31-,32-,37?. The van der Waals surface area contributed by atoms with E-state index in [1.165, 1.54) is 12.3 Å². The average molecular weight is 828 g/mol. The van der Waals surface area contributed by atoms with Gasteiger partial charge >= 0.3 is 6.09 Å². The number of amides is 4. The minimum Gasteiger partial charge on any atom is -0.449 e. The summed E-state index contributed by atoms with van der Waals surface area (Å²) in [5.41, 5.74) is 2.42. The Morgan fingerprint density at radius 2 is 1.60 bits per heavy atom. The van der Waals surface area contributed by atoms with E-state index in [4.69, 9.17) is 4.74 Å². The van der Waals surface area contributed by atoms with Gasteiger partial charge in [-0.3, -0.25) is 29.5 Å². The summed E-state index contributed by atoms with van der Waals surface area (Å²) in [6, 6.07) is 11.7. The number of piperazine rings is 1. The molecule has 4 amide bonds. The molecule has 0 bridgehead atoms. The largest absolute Gasteiger partial charge is 0.449 e. The molecule has 320 valence electrons. The summed E-state index contributed by atoms with van der Waals surface area (Å²) >= 11 is 0. The number of carbonyl (C=O) groups is 4. The first-order valence-corrected chi connectivity index (χ1v) is 21.6. The van der Waals surface area contributed by atoms with E-state index in [1.807, 2.05) is 0 Å². The molecule has 2 aromatic carbocycles. The van der Waals surface area contributed by atoms with Gasteiger partial charge in [-0.05, 0) is 106 Å². The van der Waals surface area contributed by atoms with Crippen molar-refractivity contribution in [1.82, 2.24) is 25.5 Å². The highest BCUT2D eigenvalue weighted by molar-refractivity contribution is 6.01. The van der Waals surface area contributed by atoms with Gasteiger partial charge in [-0.15, -0.1) is 0 Å². The molecule has 2 saturated carbocycles. The van der Waals surface area contributed by atoms with Crippen molar-refractivity contribution in [1.29, 1.82) is 0 Å². The quantitative estimate of drug-likeness (QED) is 0.162. The van der Waals surface area contributed by atoms with Crippen LogP contribution in [0.1, 0.15) is 77.0 Å². The number of nitrogens with zero attached hydrogens (tertiary/aromatic N) is 5. The highest BCUT2D eigenvalue weighted by Crippen LogP contribution is 2.33. The molecule has 3 aromatic rings. The minimum atomic E-state index is -0.554. The highest BCUT2D eigenvalue weighted by atomic mass is 19.1. The number of halogens is 2. The summed E-state index contributed by atoms with van der Waals surface area (Å²) in [5.74, 6) is -0.0710.